The van der Waals surface area contributed by atoms with Gasteiger partial charge in [-0.3, -0.25) is 4.79 Å². The van der Waals surface area contributed by atoms with Gasteiger partial charge in [0.05, 0.1) is 5.92 Å². The molecule has 0 amide bonds. The highest BCUT2D eigenvalue weighted by Gasteiger charge is 2.46. The molecule has 2 aromatic rings. The standard InChI is InChI=1S/C14H12O3/c15-12-6-5-8-3-1-2-4-9(8)13(12)10-7-11(10)14(16)17/h1-6,10-11,15H,7H2,(H,16,17). The summed E-state index contributed by atoms with van der Waals surface area (Å²) >= 11 is 0. The van der Waals surface area contributed by atoms with Crippen molar-refractivity contribution in [3.8, 4) is 5.75 Å². The van der Waals surface area contributed by atoms with Gasteiger partial charge in [-0.1, -0.05) is 30.3 Å². The number of aromatic hydroxyl groups is 1. The molecule has 0 aliphatic heterocycles. The highest BCUT2D eigenvalue weighted by Crippen LogP contribution is 2.52. The van der Waals surface area contributed by atoms with E-state index in [0.29, 0.717) is 6.42 Å². The van der Waals surface area contributed by atoms with Crippen molar-refractivity contribution >= 4 is 16.7 Å². The molecule has 0 heterocycles. The Balaban J connectivity index is 2.15. The first-order valence-electron chi connectivity index (χ1n) is 5.62. The number of carboxylic acids is 1. The van der Waals surface area contributed by atoms with Crippen LogP contribution in [-0.4, -0.2) is 16.2 Å². The fraction of sp³-hybridized carbons (Fsp3) is 0.214. The van der Waals surface area contributed by atoms with E-state index in [2.05, 4.69) is 0 Å². The molecule has 1 aliphatic carbocycles. The number of benzene rings is 2. The van der Waals surface area contributed by atoms with Crippen LogP contribution < -0.4 is 0 Å². The third kappa shape index (κ3) is 1.55. The minimum atomic E-state index is -0.776. The first kappa shape index (κ1) is 10.1. The molecule has 86 valence electrons. The quantitative estimate of drug-likeness (QED) is 0.830. The lowest BCUT2D eigenvalue weighted by Gasteiger charge is -2.08. The van der Waals surface area contributed by atoms with E-state index < -0.39 is 5.97 Å². The van der Waals surface area contributed by atoms with Crippen LogP contribution in [0.25, 0.3) is 10.8 Å². The average Bonchev–Trinajstić information content (AvgIpc) is 3.09. The number of hydrogen-bond donors (Lipinski definition) is 2. The van der Waals surface area contributed by atoms with Crippen molar-refractivity contribution in [3.05, 3.63) is 42.0 Å². The Kier molecular flexibility index (Phi) is 2.08. The number of hydrogen-bond acceptors (Lipinski definition) is 2. The van der Waals surface area contributed by atoms with E-state index in [4.69, 9.17) is 5.11 Å². The smallest absolute Gasteiger partial charge is 0.307 e. The summed E-state index contributed by atoms with van der Waals surface area (Å²) in [5, 5.41) is 20.9. The summed E-state index contributed by atoms with van der Waals surface area (Å²) in [6.45, 7) is 0. The van der Waals surface area contributed by atoms with Crippen molar-refractivity contribution in [1.82, 2.24) is 0 Å². The largest absolute Gasteiger partial charge is 0.508 e. The molecule has 1 fully saturated rings. The molecule has 0 radical (unpaired) electrons. The molecule has 2 aromatic carbocycles. The van der Waals surface area contributed by atoms with Gasteiger partial charge in [-0.15, -0.1) is 0 Å². The van der Waals surface area contributed by atoms with Gasteiger partial charge in [0.1, 0.15) is 5.75 Å². The van der Waals surface area contributed by atoms with E-state index >= 15 is 0 Å². The van der Waals surface area contributed by atoms with Crippen LogP contribution in [0.4, 0.5) is 0 Å². The molecule has 0 saturated heterocycles. The van der Waals surface area contributed by atoms with E-state index in [-0.39, 0.29) is 17.6 Å². The normalized spacial score (nSPS) is 22.6. The third-order valence-corrected chi connectivity index (χ3v) is 3.43. The number of fused-ring (bicyclic) bond motifs is 1. The van der Waals surface area contributed by atoms with Gasteiger partial charge in [0, 0.05) is 11.5 Å². The molecule has 2 atom stereocenters. The number of carbonyl (C=O) groups is 1. The number of phenolic OH excluding ortho intramolecular Hbond substituents is 1. The monoisotopic (exact) mass is 228 g/mol. The predicted octanol–water partition coefficient (Wildman–Crippen LogP) is 2.73. The molecule has 0 aromatic heterocycles. The van der Waals surface area contributed by atoms with Gasteiger partial charge in [0.2, 0.25) is 0 Å². The third-order valence-electron chi connectivity index (χ3n) is 3.43. The Morgan fingerprint density at radius 1 is 1.18 bits per heavy atom. The second kappa shape index (κ2) is 3.48. The summed E-state index contributed by atoms with van der Waals surface area (Å²) in [5.74, 6) is -0.954. The van der Waals surface area contributed by atoms with Crippen LogP contribution in [0.3, 0.4) is 0 Å². The van der Waals surface area contributed by atoms with Gasteiger partial charge in [-0.25, -0.2) is 0 Å². The van der Waals surface area contributed by atoms with Crippen LogP contribution in [0, 0.1) is 5.92 Å². The highest BCUT2D eigenvalue weighted by atomic mass is 16.4. The summed E-state index contributed by atoms with van der Waals surface area (Å²) in [7, 11) is 0. The van der Waals surface area contributed by atoms with Gasteiger partial charge in [0.25, 0.3) is 0 Å². The second-order valence-electron chi connectivity index (χ2n) is 4.51. The SMILES string of the molecule is O=C(O)C1CC1c1c(O)ccc2ccccc12. The molecule has 3 heteroatoms. The highest BCUT2D eigenvalue weighted by molar-refractivity contribution is 5.90. The molecule has 2 unspecified atom stereocenters. The first-order valence-corrected chi connectivity index (χ1v) is 5.62. The molecular weight excluding hydrogens is 216 g/mol. The summed E-state index contributed by atoms with van der Waals surface area (Å²) < 4.78 is 0. The average molecular weight is 228 g/mol. The maximum Gasteiger partial charge on any atom is 0.307 e. The van der Waals surface area contributed by atoms with Crippen LogP contribution in [0.5, 0.6) is 5.75 Å². The van der Waals surface area contributed by atoms with E-state index in [1.807, 2.05) is 30.3 Å². The topological polar surface area (TPSA) is 57.5 Å². The minimum absolute atomic E-state index is 0.0430. The van der Waals surface area contributed by atoms with Crippen LogP contribution in [0.15, 0.2) is 36.4 Å². The van der Waals surface area contributed by atoms with Gasteiger partial charge in [-0.2, -0.15) is 0 Å². The summed E-state index contributed by atoms with van der Waals surface area (Å²) in [6, 6.07) is 11.2. The lowest BCUT2D eigenvalue weighted by Crippen LogP contribution is -1.99. The van der Waals surface area contributed by atoms with E-state index in [9.17, 15) is 9.90 Å². The molecule has 0 spiro atoms. The van der Waals surface area contributed by atoms with E-state index in [0.717, 1.165) is 16.3 Å². The van der Waals surface area contributed by atoms with Crippen molar-refractivity contribution in [2.45, 2.75) is 12.3 Å². The zero-order valence-corrected chi connectivity index (χ0v) is 9.13. The first-order chi connectivity index (χ1) is 8.18. The van der Waals surface area contributed by atoms with Gasteiger partial charge >= 0.3 is 5.97 Å². The van der Waals surface area contributed by atoms with Crippen LogP contribution in [0.2, 0.25) is 0 Å². The molecule has 1 saturated carbocycles. The Morgan fingerprint density at radius 2 is 1.94 bits per heavy atom. The number of rotatable bonds is 2. The summed E-state index contributed by atoms with van der Waals surface area (Å²) in [6.07, 6.45) is 0.622. The Hall–Kier alpha value is -2.03. The fourth-order valence-electron chi connectivity index (χ4n) is 2.46. The second-order valence-corrected chi connectivity index (χ2v) is 4.51. The zero-order chi connectivity index (χ0) is 12.0. The van der Waals surface area contributed by atoms with Crippen molar-refractivity contribution in [2.75, 3.05) is 0 Å². The van der Waals surface area contributed by atoms with E-state index in [1.165, 1.54) is 0 Å². The molecule has 2 N–H and O–H groups in total. The predicted molar refractivity (Wildman–Crippen MR) is 64.1 cm³/mol. The number of carboxylic acid groups (broad SMARTS) is 1. The Bertz CT molecular complexity index is 603. The van der Waals surface area contributed by atoms with Gasteiger partial charge in [-0.05, 0) is 23.3 Å². The van der Waals surface area contributed by atoms with Crippen LogP contribution in [0.1, 0.15) is 17.9 Å². The van der Waals surface area contributed by atoms with Crippen LogP contribution in [-0.2, 0) is 4.79 Å². The molecule has 3 rings (SSSR count). The molecule has 1 aliphatic rings. The zero-order valence-electron chi connectivity index (χ0n) is 9.13. The van der Waals surface area contributed by atoms with Crippen molar-refractivity contribution < 1.29 is 15.0 Å². The Labute approximate surface area is 98.3 Å². The van der Waals surface area contributed by atoms with Crippen molar-refractivity contribution in [1.29, 1.82) is 0 Å². The van der Waals surface area contributed by atoms with Gasteiger partial charge in [0.15, 0.2) is 0 Å². The van der Waals surface area contributed by atoms with Crippen LogP contribution >= 0.6 is 0 Å². The molecular formula is C14H12O3. The maximum absolute atomic E-state index is 10.9. The number of aliphatic carboxylic acids is 1. The maximum atomic E-state index is 10.9. The fourth-order valence-corrected chi connectivity index (χ4v) is 2.46. The van der Waals surface area contributed by atoms with Crippen molar-refractivity contribution in [3.63, 3.8) is 0 Å². The van der Waals surface area contributed by atoms with Crippen molar-refractivity contribution in [2.24, 2.45) is 5.92 Å². The summed E-state index contributed by atoms with van der Waals surface area (Å²) in [5.41, 5.74) is 0.788. The molecule has 0 bridgehead atoms. The van der Waals surface area contributed by atoms with E-state index in [1.54, 1.807) is 6.07 Å². The molecule has 3 nitrogen and oxygen atoms in total. The molecule has 17 heavy (non-hydrogen) atoms. The minimum Gasteiger partial charge on any atom is -0.508 e. The number of phenols is 1. The summed E-state index contributed by atoms with van der Waals surface area (Å²) in [4.78, 5) is 10.9. The van der Waals surface area contributed by atoms with Gasteiger partial charge < -0.3 is 10.2 Å². The Morgan fingerprint density at radius 3 is 2.65 bits per heavy atom. The lowest BCUT2D eigenvalue weighted by molar-refractivity contribution is -0.138. The lowest BCUT2D eigenvalue weighted by atomic mass is 9.99.